The van der Waals surface area contributed by atoms with Gasteiger partial charge in [-0.25, -0.2) is 4.79 Å². The first-order valence-electron chi connectivity index (χ1n) is 11.7. The highest BCUT2D eigenvalue weighted by Gasteiger charge is 2.14. The maximum Gasteiger partial charge on any atom is 0.372 e. The Morgan fingerprint density at radius 2 is 1.09 bits per heavy atom. The Bertz CT molecular complexity index is 541. The van der Waals surface area contributed by atoms with E-state index in [9.17, 15) is 14.4 Å². The molecule has 0 atom stereocenters. The van der Waals surface area contributed by atoms with Crippen molar-refractivity contribution in [3.05, 3.63) is 0 Å². The van der Waals surface area contributed by atoms with E-state index in [-0.39, 0.29) is 26.1 Å². The average molecular weight is 494 g/mol. The summed E-state index contributed by atoms with van der Waals surface area (Å²) in [6, 6.07) is 0. The Morgan fingerprint density at radius 3 is 1.56 bits per heavy atom. The molecule has 0 radical (unpaired) electrons. The molecule has 0 aromatic heterocycles. The summed E-state index contributed by atoms with van der Waals surface area (Å²) in [6.07, 6.45) is 1.84. The van der Waals surface area contributed by atoms with Gasteiger partial charge in [-0.2, -0.15) is 0 Å². The van der Waals surface area contributed by atoms with Gasteiger partial charge in [-0.15, -0.1) is 0 Å². The van der Waals surface area contributed by atoms with Crippen LogP contribution in [-0.2, 0) is 47.5 Å². The quantitative estimate of drug-likeness (QED) is 0.110. The Balaban J connectivity index is 1.70. The lowest BCUT2D eigenvalue weighted by Crippen LogP contribution is -2.33. The van der Waals surface area contributed by atoms with E-state index >= 15 is 0 Å². The van der Waals surface area contributed by atoms with E-state index in [1.54, 1.807) is 0 Å². The molecular formula is C22H39NO11. The van der Waals surface area contributed by atoms with E-state index in [4.69, 9.17) is 38.3 Å². The average Bonchev–Trinajstić information content (AvgIpc) is 2.84. The van der Waals surface area contributed by atoms with Gasteiger partial charge < -0.3 is 43.6 Å². The minimum Gasteiger partial charge on any atom is -0.476 e. The maximum absolute atomic E-state index is 11.3. The number of Topliss-reactive ketones (excluding diaryl/α,β-unsaturated/α-hetero) is 1. The number of piperidine rings is 1. The molecule has 1 fully saturated rings. The number of esters is 1. The number of carbonyl (C=O) groups excluding carboxylic acids is 2. The van der Waals surface area contributed by atoms with Crippen LogP contribution in [-0.4, -0.2) is 121 Å². The molecule has 0 spiro atoms. The van der Waals surface area contributed by atoms with Crippen molar-refractivity contribution in [2.45, 2.75) is 31.8 Å². The van der Waals surface area contributed by atoms with Gasteiger partial charge >= 0.3 is 11.9 Å². The summed E-state index contributed by atoms with van der Waals surface area (Å²) >= 11 is 0. The summed E-state index contributed by atoms with van der Waals surface area (Å²) in [4.78, 5) is 32.5. The normalized spacial score (nSPS) is 14.2. The number of ether oxygens (including phenoxy) is 7. The minimum atomic E-state index is -1.56. The predicted molar refractivity (Wildman–Crippen MR) is 119 cm³/mol. The second kappa shape index (κ2) is 21.8. The molecule has 0 saturated carbocycles. The van der Waals surface area contributed by atoms with Gasteiger partial charge in [0.25, 0.3) is 0 Å². The summed E-state index contributed by atoms with van der Waals surface area (Å²) in [5, 5.41) is 11.7. The van der Waals surface area contributed by atoms with E-state index in [2.05, 4.69) is 5.32 Å². The molecule has 0 aliphatic carbocycles. The molecule has 0 bridgehead atoms. The van der Waals surface area contributed by atoms with Crippen LogP contribution in [0.2, 0.25) is 0 Å². The van der Waals surface area contributed by atoms with Crippen molar-refractivity contribution in [3.63, 3.8) is 0 Å². The second-order valence-electron chi connectivity index (χ2n) is 7.33. The van der Waals surface area contributed by atoms with Gasteiger partial charge in [-0.3, -0.25) is 9.59 Å². The van der Waals surface area contributed by atoms with Crippen molar-refractivity contribution in [3.8, 4) is 0 Å². The van der Waals surface area contributed by atoms with Crippen molar-refractivity contribution < 1.29 is 52.6 Å². The van der Waals surface area contributed by atoms with Crippen molar-refractivity contribution in [2.75, 3.05) is 92.4 Å². The molecule has 1 rings (SSSR count). The van der Waals surface area contributed by atoms with E-state index < -0.39 is 17.7 Å². The van der Waals surface area contributed by atoms with Crippen molar-refractivity contribution in [2.24, 2.45) is 0 Å². The van der Waals surface area contributed by atoms with Crippen molar-refractivity contribution >= 4 is 17.7 Å². The van der Waals surface area contributed by atoms with Gasteiger partial charge in [0, 0.05) is 6.42 Å². The van der Waals surface area contributed by atoms with E-state index in [0.29, 0.717) is 72.2 Å². The fraction of sp³-hybridized carbons (Fsp3) is 0.864. The van der Waals surface area contributed by atoms with E-state index in [0.717, 1.165) is 25.9 Å². The van der Waals surface area contributed by atoms with E-state index in [1.807, 2.05) is 0 Å². The third-order valence-corrected chi connectivity index (χ3v) is 4.64. The number of hydrogen-bond acceptors (Lipinski definition) is 11. The van der Waals surface area contributed by atoms with Crippen LogP contribution in [0.3, 0.4) is 0 Å². The van der Waals surface area contributed by atoms with Crippen LogP contribution in [0.15, 0.2) is 0 Å². The summed E-state index contributed by atoms with van der Waals surface area (Å²) < 4.78 is 37.5. The lowest BCUT2D eigenvalue weighted by molar-refractivity contribution is -0.151. The van der Waals surface area contributed by atoms with Gasteiger partial charge in [-0.05, 0) is 25.9 Å². The summed E-state index contributed by atoms with van der Waals surface area (Å²) in [5.41, 5.74) is 0. The zero-order valence-corrected chi connectivity index (χ0v) is 19.8. The molecule has 0 aromatic carbocycles. The van der Waals surface area contributed by atoms with Crippen LogP contribution in [0.1, 0.15) is 25.7 Å². The highest BCUT2D eigenvalue weighted by Crippen LogP contribution is 2.06. The fourth-order valence-corrected chi connectivity index (χ4v) is 2.83. The number of nitrogens with one attached hydrogen (secondary N) is 1. The van der Waals surface area contributed by atoms with Gasteiger partial charge in [0.2, 0.25) is 5.78 Å². The van der Waals surface area contributed by atoms with Gasteiger partial charge in [-0.1, -0.05) is 0 Å². The lowest BCUT2D eigenvalue weighted by Gasteiger charge is -2.22. The molecular weight excluding hydrogens is 454 g/mol. The number of carbonyl (C=O) groups is 3. The molecule has 0 unspecified atom stereocenters. The van der Waals surface area contributed by atoms with Crippen molar-refractivity contribution in [1.29, 1.82) is 0 Å². The molecule has 34 heavy (non-hydrogen) atoms. The lowest BCUT2D eigenvalue weighted by atomic mass is 10.1. The van der Waals surface area contributed by atoms with Crippen LogP contribution in [0, 0.1) is 0 Å². The van der Waals surface area contributed by atoms with Crippen LogP contribution in [0.5, 0.6) is 0 Å². The first kappa shape index (κ1) is 30.4. The van der Waals surface area contributed by atoms with E-state index in [1.165, 1.54) is 0 Å². The highest BCUT2D eigenvalue weighted by molar-refractivity contribution is 6.32. The van der Waals surface area contributed by atoms with Gasteiger partial charge in [0.1, 0.15) is 6.61 Å². The predicted octanol–water partition coefficient (Wildman–Crippen LogP) is -0.185. The molecule has 0 aromatic rings. The Labute approximate surface area is 200 Å². The largest absolute Gasteiger partial charge is 0.476 e. The van der Waals surface area contributed by atoms with Gasteiger partial charge in [0.05, 0.1) is 85.2 Å². The molecule has 12 nitrogen and oxygen atoms in total. The number of hydrogen-bond donors (Lipinski definition) is 2. The SMILES string of the molecule is O=C(CCC(=O)C(=O)O)OCCOCCOCCOCCOCCOCCOC1CCNCC1. The van der Waals surface area contributed by atoms with Crippen LogP contribution in [0.25, 0.3) is 0 Å². The number of ketones is 1. The summed E-state index contributed by atoms with van der Waals surface area (Å²) in [5.74, 6) is -3.21. The summed E-state index contributed by atoms with van der Waals surface area (Å²) in [7, 11) is 0. The smallest absolute Gasteiger partial charge is 0.372 e. The molecule has 1 heterocycles. The van der Waals surface area contributed by atoms with Crippen LogP contribution < -0.4 is 5.32 Å². The molecule has 198 valence electrons. The molecule has 1 saturated heterocycles. The number of carboxylic acids is 1. The zero-order valence-electron chi connectivity index (χ0n) is 19.8. The number of carboxylic acid groups (broad SMARTS) is 1. The van der Waals surface area contributed by atoms with Crippen molar-refractivity contribution in [1.82, 2.24) is 5.32 Å². The van der Waals surface area contributed by atoms with Gasteiger partial charge in [0.15, 0.2) is 0 Å². The third kappa shape index (κ3) is 18.7. The summed E-state index contributed by atoms with van der Waals surface area (Å²) in [6.45, 7) is 7.04. The molecule has 12 heteroatoms. The minimum absolute atomic E-state index is 0.0282. The molecule has 1 aliphatic rings. The number of rotatable bonds is 23. The molecule has 1 aliphatic heterocycles. The topological polar surface area (TPSA) is 148 Å². The monoisotopic (exact) mass is 493 g/mol. The molecule has 0 amide bonds. The standard InChI is InChI=1S/C22H39NO11/c24-20(22(26)27)1-2-21(25)34-18-16-32-14-12-30-10-8-28-7-9-29-11-13-31-15-17-33-19-3-5-23-6-4-19/h19,23H,1-18H2,(H,26,27). The first-order chi connectivity index (χ1) is 16.6. The Kier molecular flexibility index (Phi) is 19.5. The number of aliphatic carboxylic acids is 1. The Hall–Kier alpha value is -1.67. The third-order valence-electron chi connectivity index (χ3n) is 4.64. The highest BCUT2D eigenvalue weighted by atomic mass is 16.6. The fourth-order valence-electron chi connectivity index (χ4n) is 2.83. The van der Waals surface area contributed by atoms with Crippen LogP contribution >= 0.6 is 0 Å². The maximum atomic E-state index is 11.3. The zero-order chi connectivity index (χ0) is 24.7. The molecule has 2 N–H and O–H groups in total. The second-order valence-corrected chi connectivity index (χ2v) is 7.33. The van der Waals surface area contributed by atoms with Crippen LogP contribution in [0.4, 0.5) is 0 Å². The first-order valence-corrected chi connectivity index (χ1v) is 11.7. The Morgan fingerprint density at radius 1 is 0.647 bits per heavy atom.